The van der Waals surface area contributed by atoms with Crippen molar-refractivity contribution in [3.63, 3.8) is 0 Å². The topological polar surface area (TPSA) is 82.9 Å². The van der Waals surface area contributed by atoms with Crippen molar-refractivity contribution in [2.45, 2.75) is 0 Å². The molecule has 0 aliphatic rings. The van der Waals surface area contributed by atoms with E-state index in [0.717, 1.165) is 22.1 Å². The van der Waals surface area contributed by atoms with Crippen LogP contribution in [-0.4, -0.2) is 16.7 Å². The highest BCUT2D eigenvalue weighted by Crippen LogP contribution is 2.32. The molecule has 30 heavy (non-hydrogen) atoms. The van der Waals surface area contributed by atoms with Crippen molar-refractivity contribution in [1.82, 2.24) is 4.98 Å². The number of nitrogens with one attached hydrogen (secondary N) is 1. The predicted molar refractivity (Wildman–Crippen MR) is 119 cm³/mol. The summed E-state index contributed by atoms with van der Waals surface area (Å²) in [5, 5.41) is 15.1. The molecular weight excluding hydrogens is 418 g/mol. The number of benzene rings is 3. The summed E-state index contributed by atoms with van der Waals surface area (Å²) < 4.78 is 0. The Balaban J connectivity index is 1.58. The number of anilines is 1. The number of nitrogens with zero attached hydrogens (tertiary/aromatic N) is 2. The van der Waals surface area contributed by atoms with Gasteiger partial charge in [-0.15, -0.1) is 11.3 Å². The van der Waals surface area contributed by atoms with Crippen LogP contribution in [0.3, 0.4) is 0 Å². The summed E-state index contributed by atoms with van der Waals surface area (Å²) in [5.41, 5.74) is 1.24. The van der Waals surface area contributed by atoms with Crippen LogP contribution in [0, 0.1) is 17.2 Å². The molecule has 146 valence electrons. The van der Waals surface area contributed by atoms with Crippen molar-refractivity contribution >= 4 is 51.1 Å². The van der Waals surface area contributed by atoms with Gasteiger partial charge in [-0.2, -0.15) is 5.26 Å². The Bertz CT molecular complexity index is 1300. The summed E-state index contributed by atoms with van der Waals surface area (Å²) in [4.78, 5) is 30.1. The summed E-state index contributed by atoms with van der Waals surface area (Å²) >= 11 is 7.29. The van der Waals surface area contributed by atoms with Crippen LogP contribution in [0.15, 0.2) is 72.9 Å². The van der Waals surface area contributed by atoms with E-state index in [9.17, 15) is 14.9 Å². The number of rotatable bonds is 5. The van der Waals surface area contributed by atoms with Gasteiger partial charge >= 0.3 is 0 Å². The zero-order valence-corrected chi connectivity index (χ0v) is 17.1. The molecule has 0 saturated carbocycles. The molecule has 4 rings (SSSR count). The number of aromatic nitrogens is 1. The number of halogens is 1. The van der Waals surface area contributed by atoms with Gasteiger partial charge in [0, 0.05) is 22.8 Å². The maximum atomic E-state index is 12.9. The van der Waals surface area contributed by atoms with Crippen LogP contribution >= 0.6 is 22.9 Å². The van der Waals surface area contributed by atoms with Gasteiger partial charge in [-0.1, -0.05) is 66.2 Å². The number of hydrogen-bond acceptors (Lipinski definition) is 5. The molecule has 1 amide bonds. The molecule has 7 heteroatoms. The van der Waals surface area contributed by atoms with E-state index in [-0.39, 0.29) is 4.88 Å². The molecule has 0 saturated heterocycles. The van der Waals surface area contributed by atoms with Gasteiger partial charge in [0.25, 0.3) is 0 Å². The average molecular weight is 432 g/mol. The minimum atomic E-state index is -1.48. The van der Waals surface area contributed by atoms with Gasteiger partial charge in [0.15, 0.2) is 5.92 Å². The van der Waals surface area contributed by atoms with Crippen LogP contribution < -0.4 is 5.32 Å². The van der Waals surface area contributed by atoms with Crippen LogP contribution in [0.25, 0.3) is 21.3 Å². The maximum absolute atomic E-state index is 12.9. The fourth-order valence-corrected chi connectivity index (χ4v) is 4.27. The van der Waals surface area contributed by atoms with E-state index >= 15 is 0 Å². The molecule has 1 aromatic heterocycles. The first kappa shape index (κ1) is 19.8. The highest BCUT2D eigenvalue weighted by Gasteiger charge is 2.29. The van der Waals surface area contributed by atoms with E-state index < -0.39 is 17.6 Å². The molecular formula is C23H14ClN3O2S. The summed E-state index contributed by atoms with van der Waals surface area (Å²) in [6, 6.07) is 22.0. The molecule has 0 fully saturated rings. The number of carbonyl (C=O) groups is 2. The van der Waals surface area contributed by atoms with Crippen molar-refractivity contribution in [3.8, 4) is 16.6 Å². The zero-order valence-electron chi connectivity index (χ0n) is 15.5. The van der Waals surface area contributed by atoms with E-state index in [4.69, 9.17) is 11.6 Å². The highest BCUT2D eigenvalue weighted by atomic mass is 35.5. The Hall–Kier alpha value is -3.53. The van der Waals surface area contributed by atoms with Crippen molar-refractivity contribution in [3.05, 3.63) is 82.8 Å². The number of thiazole rings is 1. The molecule has 4 aromatic rings. The van der Waals surface area contributed by atoms with Gasteiger partial charge in [-0.3, -0.25) is 9.59 Å². The molecule has 1 unspecified atom stereocenters. The number of ketones is 1. The summed E-state index contributed by atoms with van der Waals surface area (Å²) in [7, 11) is 0. The van der Waals surface area contributed by atoms with Crippen LogP contribution in [0.1, 0.15) is 9.67 Å². The number of fused-ring (bicyclic) bond motifs is 1. The maximum Gasteiger partial charge on any atom is 0.249 e. The number of carbonyl (C=O) groups excluding carboxylic acids is 2. The third kappa shape index (κ3) is 3.81. The Labute approximate surface area is 181 Å². The highest BCUT2D eigenvalue weighted by molar-refractivity contribution is 7.17. The quantitative estimate of drug-likeness (QED) is 0.330. The van der Waals surface area contributed by atoms with E-state index in [0.29, 0.717) is 21.3 Å². The van der Waals surface area contributed by atoms with Gasteiger partial charge < -0.3 is 5.32 Å². The van der Waals surface area contributed by atoms with Crippen LogP contribution in [-0.2, 0) is 4.79 Å². The zero-order chi connectivity index (χ0) is 21.1. The lowest BCUT2D eigenvalue weighted by Gasteiger charge is -2.11. The third-order valence-electron chi connectivity index (χ3n) is 4.55. The van der Waals surface area contributed by atoms with Gasteiger partial charge in [-0.25, -0.2) is 4.98 Å². The number of Topliss-reactive ketones (excluding diaryl/α,β-unsaturated/α-hetero) is 1. The van der Waals surface area contributed by atoms with Gasteiger partial charge in [0.1, 0.15) is 5.01 Å². The Kier molecular flexibility index (Phi) is 5.57. The first-order chi connectivity index (χ1) is 14.6. The molecule has 1 heterocycles. The lowest BCUT2D eigenvalue weighted by Crippen LogP contribution is -2.28. The fraction of sp³-hybridized carbons (Fsp3) is 0.0435. The molecule has 0 bridgehead atoms. The molecule has 0 spiro atoms. The molecule has 0 aliphatic carbocycles. The van der Waals surface area contributed by atoms with Crippen molar-refractivity contribution < 1.29 is 9.59 Å². The number of nitriles is 1. The minimum Gasteiger partial charge on any atom is -0.324 e. The van der Waals surface area contributed by atoms with Gasteiger partial charge in [0.2, 0.25) is 11.7 Å². The van der Waals surface area contributed by atoms with Crippen molar-refractivity contribution in [2.24, 2.45) is 5.92 Å². The lowest BCUT2D eigenvalue weighted by molar-refractivity contribution is -0.117. The van der Waals surface area contributed by atoms with E-state index in [2.05, 4.69) is 10.3 Å². The molecule has 1 atom stereocenters. The van der Waals surface area contributed by atoms with E-state index in [1.165, 1.54) is 6.20 Å². The monoisotopic (exact) mass is 431 g/mol. The third-order valence-corrected chi connectivity index (χ3v) is 5.93. The first-order valence-corrected chi connectivity index (χ1v) is 10.2. The number of amides is 1. The summed E-state index contributed by atoms with van der Waals surface area (Å²) in [6.45, 7) is 0. The standard InChI is InChI=1S/C23H14ClN3O2S/c24-18-10-4-3-9-16(18)23-26-13-20(30-23)21(28)17(12-25)22(29)27-19-11-5-7-14-6-1-2-8-15(14)19/h1-11,13,17H,(H,27,29). The molecule has 1 N–H and O–H groups in total. The van der Waals surface area contributed by atoms with Crippen LogP contribution in [0.2, 0.25) is 5.02 Å². The first-order valence-electron chi connectivity index (χ1n) is 9.01. The predicted octanol–water partition coefficient (Wildman–Crippen LogP) is 5.58. The normalized spacial score (nSPS) is 11.6. The Morgan fingerprint density at radius 1 is 1.03 bits per heavy atom. The van der Waals surface area contributed by atoms with E-state index in [1.54, 1.807) is 30.3 Å². The largest absolute Gasteiger partial charge is 0.324 e. The average Bonchev–Trinajstić information content (AvgIpc) is 3.25. The Morgan fingerprint density at radius 3 is 2.57 bits per heavy atom. The van der Waals surface area contributed by atoms with Gasteiger partial charge in [0.05, 0.1) is 16.0 Å². The molecule has 3 aromatic carbocycles. The van der Waals surface area contributed by atoms with Crippen molar-refractivity contribution in [2.75, 3.05) is 5.32 Å². The summed E-state index contributed by atoms with van der Waals surface area (Å²) in [5.74, 6) is -2.75. The van der Waals surface area contributed by atoms with Crippen LogP contribution in [0.4, 0.5) is 5.69 Å². The minimum absolute atomic E-state index is 0.226. The molecule has 0 aliphatic heterocycles. The number of hydrogen-bond donors (Lipinski definition) is 1. The second kappa shape index (κ2) is 8.46. The van der Waals surface area contributed by atoms with Crippen molar-refractivity contribution in [1.29, 1.82) is 5.26 Å². The fourth-order valence-electron chi connectivity index (χ4n) is 3.07. The molecule has 0 radical (unpaired) electrons. The second-order valence-electron chi connectivity index (χ2n) is 6.45. The SMILES string of the molecule is N#CC(C(=O)Nc1cccc2ccccc12)C(=O)c1cnc(-c2ccccc2Cl)s1. The Morgan fingerprint density at radius 2 is 1.77 bits per heavy atom. The second-order valence-corrected chi connectivity index (χ2v) is 7.89. The van der Waals surface area contributed by atoms with Gasteiger partial charge in [-0.05, 0) is 17.5 Å². The smallest absolute Gasteiger partial charge is 0.249 e. The molecule has 5 nitrogen and oxygen atoms in total. The summed E-state index contributed by atoms with van der Waals surface area (Å²) in [6.07, 6.45) is 1.38. The lowest BCUT2D eigenvalue weighted by atomic mass is 10.0. The van der Waals surface area contributed by atoms with Crippen LogP contribution in [0.5, 0.6) is 0 Å². The van der Waals surface area contributed by atoms with E-state index in [1.807, 2.05) is 42.5 Å².